The van der Waals surface area contributed by atoms with E-state index in [0.717, 1.165) is 21.8 Å². The number of amides is 2. The zero-order valence-corrected chi connectivity index (χ0v) is 15.0. The maximum Gasteiger partial charge on any atom is 0.233 e. The van der Waals surface area contributed by atoms with Gasteiger partial charge in [-0.05, 0) is 20.8 Å². The number of hydrogen-bond donors (Lipinski definition) is 1. The van der Waals surface area contributed by atoms with Crippen molar-refractivity contribution < 1.29 is 9.59 Å². The summed E-state index contributed by atoms with van der Waals surface area (Å²) < 4.78 is 1.49. The summed E-state index contributed by atoms with van der Waals surface area (Å²) in [5, 5.41) is 10.5. The molecule has 21 heavy (non-hydrogen) atoms. The van der Waals surface area contributed by atoms with Crippen LogP contribution in [0, 0.1) is 0 Å². The second-order valence-corrected chi connectivity index (χ2v) is 7.85. The molecule has 1 aromatic heterocycles. The number of aromatic nitrogens is 2. The van der Waals surface area contributed by atoms with Crippen LogP contribution in [-0.2, 0) is 9.59 Å². The normalized spacial score (nSPS) is 12.0. The number of thioether (sulfide) groups is 2. The summed E-state index contributed by atoms with van der Waals surface area (Å²) in [6, 6.07) is 0. The Balaban J connectivity index is 2.49. The molecule has 2 amide bonds. The highest BCUT2D eigenvalue weighted by molar-refractivity contribution is 8.04. The maximum absolute atomic E-state index is 11.9. The molecule has 6 nitrogen and oxygen atoms in total. The molecule has 0 saturated carbocycles. The minimum atomic E-state index is -0.210. The summed E-state index contributed by atoms with van der Waals surface area (Å²) in [5.74, 6) is 0.431. The Morgan fingerprint density at radius 2 is 1.90 bits per heavy atom. The fraction of sp³-hybridized carbons (Fsp3) is 0.667. The van der Waals surface area contributed by atoms with Crippen molar-refractivity contribution in [2.75, 3.05) is 25.9 Å². The molecule has 0 fully saturated rings. The standard InChI is InChI=1S/C12H20N4O2S3/c1-5-16(6-2)9(17)7-19-11-14-15-12(21-11)20-8(3)10(18)13-4/h8H,5-7H2,1-4H3,(H,13,18). The predicted molar refractivity (Wildman–Crippen MR) is 87.9 cm³/mol. The molecule has 0 saturated heterocycles. The average Bonchev–Trinajstić information content (AvgIpc) is 2.92. The van der Waals surface area contributed by atoms with Crippen molar-refractivity contribution in [3.05, 3.63) is 0 Å². The van der Waals surface area contributed by atoms with E-state index in [0.29, 0.717) is 5.75 Å². The highest BCUT2D eigenvalue weighted by Gasteiger charge is 2.17. The zero-order valence-electron chi connectivity index (χ0n) is 12.6. The number of carbonyl (C=O) groups is 2. The van der Waals surface area contributed by atoms with Crippen molar-refractivity contribution in [1.82, 2.24) is 20.4 Å². The first-order chi connectivity index (χ1) is 10.0. The number of rotatable bonds is 8. The smallest absolute Gasteiger partial charge is 0.233 e. The molecule has 1 atom stereocenters. The minimum Gasteiger partial charge on any atom is -0.358 e. The van der Waals surface area contributed by atoms with E-state index in [-0.39, 0.29) is 17.1 Å². The third-order valence-corrected chi connectivity index (χ3v) is 5.94. The molecule has 118 valence electrons. The van der Waals surface area contributed by atoms with Crippen LogP contribution in [0.1, 0.15) is 20.8 Å². The van der Waals surface area contributed by atoms with E-state index in [2.05, 4.69) is 15.5 Å². The van der Waals surface area contributed by atoms with Gasteiger partial charge in [0.05, 0.1) is 11.0 Å². The molecule has 0 aliphatic carbocycles. The lowest BCUT2D eigenvalue weighted by Crippen LogP contribution is -2.31. The summed E-state index contributed by atoms with van der Waals surface area (Å²) >= 11 is 4.17. The molecule has 1 rings (SSSR count). The van der Waals surface area contributed by atoms with Gasteiger partial charge in [-0.2, -0.15) is 0 Å². The summed E-state index contributed by atoms with van der Waals surface area (Å²) in [6.45, 7) is 7.19. The van der Waals surface area contributed by atoms with Crippen LogP contribution in [0.4, 0.5) is 0 Å². The van der Waals surface area contributed by atoms with E-state index in [1.165, 1.54) is 34.9 Å². The molecule has 1 unspecified atom stereocenters. The van der Waals surface area contributed by atoms with Crippen molar-refractivity contribution in [1.29, 1.82) is 0 Å². The highest BCUT2D eigenvalue weighted by Crippen LogP contribution is 2.31. The molecule has 0 aliphatic rings. The summed E-state index contributed by atoms with van der Waals surface area (Å²) in [5.41, 5.74) is 0. The molecule has 1 N–H and O–H groups in total. The van der Waals surface area contributed by atoms with Gasteiger partial charge in [0.25, 0.3) is 0 Å². The first-order valence-electron chi connectivity index (χ1n) is 6.64. The Hall–Kier alpha value is -0.800. The third-order valence-electron chi connectivity index (χ3n) is 2.72. The maximum atomic E-state index is 11.9. The van der Waals surface area contributed by atoms with E-state index in [9.17, 15) is 9.59 Å². The van der Waals surface area contributed by atoms with Crippen molar-refractivity contribution in [3.8, 4) is 0 Å². The monoisotopic (exact) mass is 348 g/mol. The number of carbonyl (C=O) groups excluding carboxylic acids is 2. The lowest BCUT2D eigenvalue weighted by Gasteiger charge is -2.17. The fourth-order valence-electron chi connectivity index (χ4n) is 1.50. The predicted octanol–water partition coefficient (Wildman–Crippen LogP) is 1.73. The first kappa shape index (κ1) is 18.2. The van der Waals surface area contributed by atoms with Gasteiger partial charge in [-0.1, -0.05) is 34.9 Å². The van der Waals surface area contributed by atoms with Gasteiger partial charge in [-0.25, -0.2) is 0 Å². The molecule has 0 radical (unpaired) electrons. The largest absolute Gasteiger partial charge is 0.358 e. The number of nitrogens with one attached hydrogen (secondary N) is 1. The summed E-state index contributed by atoms with van der Waals surface area (Å²) in [7, 11) is 1.61. The second-order valence-electron chi connectivity index (χ2n) is 4.06. The second kappa shape index (κ2) is 9.26. The van der Waals surface area contributed by atoms with E-state index < -0.39 is 0 Å². The molecule has 9 heteroatoms. The Labute approximate surface area is 137 Å². The Bertz CT molecular complexity index is 477. The quantitative estimate of drug-likeness (QED) is 0.721. The van der Waals surface area contributed by atoms with Crippen molar-refractivity contribution in [3.63, 3.8) is 0 Å². The van der Waals surface area contributed by atoms with E-state index in [1.807, 2.05) is 20.8 Å². The van der Waals surface area contributed by atoms with Gasteiger partial charge in [-0.3, -0.25) is 9.59 Å². The van der Waals surface area contributed by atoms with Crippen LogP contribution in [0.5, 0.6) is 0 Å². The lowest BCUT2D eigenvalue weighted by atomic mass is 10.4. The molecule has 1 aromatic rings. The first-order valence-corrected chi connectivity index (χ1v) is 9.32. The van der Waals surface area contributed by atoms with Gasteiger partial charge in [0.1, 0.15) is 0 Å². The van der Waals surface area contributed by atoms with Gasteiger partial charge in [0, 0.05) is 20.1 Å². The van der Waals surface area contributed by atoms with E-state index in [1.54, 1.807) is 11.9 Å². The molecule has 0 spiro atoms. The van der Waals surface area contributed by atoms with Crippen LogP contribution >= 0.6 is 34.9 Å². The Morgan fingerprint density at radius 1 is 1.29 bits per heavy atom. The van der Waals surface area contributed by atoms with Crippen LogP contribution in [0.2, 0.25) is 0 Å². The van der Waals surface area contributed by atoms with Crippen molar-refractivity contribution >= 4 is 46.7 Å². The summed E-state index contributed by atoms with van der Waals surface area (Å²) in [4.78, 5) is 25.1. The average molecular weight is 349 g/mol. The van der Waals surface area contributed by atoms with Gasteiger partial charge < -0.3 is 10.2 Å². The lowest BCUT2D eigenvalue weighted by molar-refractivity contribution is -0.128. The van der Waals surface area contributed by atoms with Crippen LogP contribution in [0.15, 0.2) is 8.68 Å². The van der Waals surface area contributed by atoms with Crippen LogP contribution < -0.4 is 5.32 Å². The van der Waals surface area contributed by atoms with Crippen LogP contribution in [0.25, 0.3) is 0 Å². The third kappa shape index (κ3) is 5.84. The number of hydrogen-bond acceptors (Lipinski definition) is 7. The van der Waals surface area contributed by atoms with Gasteiger partial charge in [0.2, 0.25) is 11.8 Å². The van der Waals surface area contributed by atoms with Gasteiger partial charge in [-0.15, -0.1) is 10.2 Å². The molecular formula is C12H20N4O2S3. The van der Waals surface area contributed by atoms with Crippen molar-refractivity contribution in [2.24, 2.45) is 0 Å². The van der Waals surface area contributed by atoms with Crippen molar-refractivity contribution in [2.45, 2.75) is 34.7 Å². The zero-order chi connectivity index (χ0) is 15.8. The van der Waals surface area contributed by atoms with Gasteiger partial charge >= 0.3 is 0 Å². The van der Waals surface area contributed by atoms with Gasteiger partial charge in [0.15, 0.2) is 8.68 Å². The minimum absolute atomic E-state index is 0.0406. The van der Waals surface area contributed by atoms with E-state index >= 15 is 0 Å². The molecule has 0 aromatic carbocycles. The molecule has 0 bridgehead atoms. The Morgan fingerprint density at radius 3 is 2.48 bits per heavy atom. The molecule has 1 heterocycles. The topological polar surface area (TPSA) is 75.2 Å². The highest BCUT2D eigenvalue weighted by atomic mass is 32.2. The number of nitrogens with zero attached hydrogens (tertiary/aromatic N) is 3. The molecular weight excluding hydrogens is 328 g/mol. The van der Waals surface area contributed by atoms with E-state index in [4.69, 9.17) is 0 Å². The fourth-order valence-corrected chi connectivity index (χ4v) is 4.63. The summed E-state index contributed by atoms with van der Waals surface area (Å²) in [6.07, 6.45) is 0. The van der Waals surface area contributed by atoms with Crippen LogP contribution in [-0.4, -0.2) is 58.1 Å². The SMILES string of the molecule is CCN(CC)C(=O)CSc1nnc(SC(C)C(=O)NC)s1. The van der Waals surface area contributed by atoms with Crippen LogP contribution in [0.3, 0.4) is 0 Å². The Kier molecular flexibility index (Phi) is 8.05. The molecule has 0 aliphatic heterocycles.